The maximum atomic E-state index is 12.8. The van der Waals surface area contributed by atoms with Gasteiger partial charge in [0.15, 0.2) is 6.54 Å². The highest BCUT2D eigenvalue weighted by Gasteiger charge is 2.39. The number of amides is 1. The van der Waals surface area contributed by atoms with Crippen LogP contribution in [0.25, 0.3) is 0 Å². The average Bonchev–Trinajstić information content (AvgIpc) is 2.69. The number of nitrogens with zero attached hydrogens (tertiary/aromatic N) is 3. The van der Waals surface area contributed by atoms with E-state index in [1.165, 1.54) is 4.90 Å². The highest BCUT2D eigenvalue weighted by molar-refractivity contribution is 5.78. The number of carbonyl (C=O) groups is 1. The van der Waals surface area contributed by atoms with E-state index in [4.69, 9.17) is 0 Å². The second kappa shape index (κ2) is 7.96. The van der Waals surface area contributed by atoms with Crippen molar-refractivity contribution in [2.75, 3.05) is 44.7 Å². The van der Waals surface area contributed by atoms with Gasteiger partial charge in [-0.3, -0.25) is 4.79 Å². The topological polar surface area (TPSA) is 72.0 Å². The predicted molar refractivity (Wildman–Crippen MR) is 100 cm³/mol. The van der Waals surface area contributed by atoms with Gasteiger partial charge in [-0.2, -0.15) is 5.26 Å². The number of anilines is 1. The molecule has 0 unspecified atom stereocenters. The number of nitriles is 1. The summed E-state index contributed by atoms with van der Waals surface area (Å²) >= 11 is 0. The van der Waals surface area contributed by atoms with Crippen LogP contribution >= 0.6 is 0 Å². The summed E-state index contributed by atoms with van der Waals surface area (Å²) in [4.78, 5) is 18.1. The largest absolute Gasteiger partial charge is 0.508 e. The molecular formula is C20H29N4O2+. The molecule has 1 saturated carbocycles. The predicted octanol–water partition coefficient (Wildman–Crippen LogP) is 0.782. The van der Waals surface area contributed by atoms with E-state index in [0.29, 0.717) is 6.54 Å². The molecule has 1 aliphatic heterocycles. The molecule has 0 atom stereocenters. The number of hydrogen-bond donors (Lipinski definition) is 2. The molecule has 2 fully saturated rings. The van der Waals surface area contributed by atoms with Gasteiger partial charge in [-0.1, -0.05) is 19.3 Å². The van der Waals surface area contributed by atoms with Gasteiger partial charge >= 0.3 is 0 Å². The van der Waals surface area contributed by atoms with Crippen LogP contribution in [0.2, 0.25) is 0 Å². The number of quaternary nitrogens is 1. The van der Waals surface area contributed by atoms with Gasteiger partial charge in [-0.15, -0.1) is 0 Å². The van der Waals surface area contributed by atoms with Crippen molar-refractivity contribution >= 4 is 11.6 Å². The summed E-state index contributed by atoms with van der Waals surface area (Å²) < 4.78 is 0. The Morgan fingerprint density at radius 3 is 2.42 bits per heavy atom. The quantitative estimate of drug-likeness (QED) is 0.835. The third kappa shape index (κ3) is 3.94. The first-order chi connectivity index (χ1) is 12.5. The number of rotatable bonds is 4. The Morgan fingerprint density at radius 2 is 1.85 bits per heavy atom. The summed E-state index contributed by atoms with van der Waals surface area (Å²) in [5, 5.41) is 19.1. The summed E-state index contributed by atoms with van der Waals surface area (Å²) in [5.41, 5.74) is 0.513. The second-order valence-electron chi connectivity index (χ2n) is 7.59. The number of benzene rings is 1. The Balaban J connectivity index is 1.53. The Kier molecular flexibility index (Phi) is 5.67. The van der Waals surface area contributed by atoms with E-state index in [-0.39, 0.29) is 11.7 Å². The zero-order valence-electron chi connectivity index (χ0n) is 15.6. The lowest BCUT2D eigenvalue weighted by molar-refractivity contribution is -0.892. The van der Waals surface area contributed by atoms with E-state index in [9.17, 15) is 15.2 Å². The van der Waals surface area contributed by atoms with E-state index in [2.05, 4.69) is 11.0 Å². The van der Waals surface area contributed by atoms with Gasteiger partial charge in [0.1, 0.15) is 11.3 Å². The van der Waals surface area contributed by atoms with E-state index in [1.54, 1.807) is 17.0 Å². The van der Waals surface area contributed by atoms with Crippen LogP contribution in [0, 0.1) is 11.3 Å². The molecule has 6 heteroatoms. The first-order valence-electron chi connectivity index (χ1n) is 9.59. The lowest BCUT2D eigenvalue weighted by Crippen LogP contribution is -3.16. The van der Waals surface area contributed by atoms with Gasteiger partial charge in [-0.25, -0.2) is 0 Å². The van der Waals surface area contributed by atoms with Crippen LogP contribution < -0.4 is 9.80 Å². The molecular weight excluding hydrogens is 328 g/mol. The maximum Gasteiger partial charge on any atom is 0.278 e. The highest BCUT2D eigenvalue weighted by atomic mass is 16.3. The van der Waals surface area contributed by atoms with E-state index in [0.717, 1.165) is 64.0 Å². The van der Waals surface area contributed by atoms with E-state index < -0.39 is 5.54 Å². The van der Waals surface area contributed by atoms with Crippen LogP contribution in [0.3, 0.4) is 0 Å². The first-order valence-corrected chi connectivity index (χ1v) is 9.59. The lowest BCUT2D eigenvalue weighted by Gasteiger charge is -2.40. The number of hydrogen-bond acceptors (Lipinski definition) is 4. The molecule has 26 heavy (non-hydrogen) atoms. The van der Waals surface area contributed by atoms with Crippen molar-refractivity contribution in [3.05, 3.63) is 24.3 Å². The van der Waals surface area contributed by atoms with Crippen LogP contribution in [0.5, 0.6) is 5.75 Å². The smallest absolute Gasteiger partial charge is 0.278 e. The molecule has 140 valence electrons. The molecule has 0 radical (unpaired) electrons. The molecule has 1 amide bonds. The molecule has 0 aromatic heterocycles. The molecule has 1 aromatic rings. The Bertz CT molecular complexity index is 653. The van der Waals surface area contributed by atoms with Crippen LogP contribution in [0.1, 0.15) is 32.1 Å². The van der Waals surface area contributed by atoms with Crippen molar-refractivity contribution in [1.82, 2.24) is 4.90 Å². The van der Waals surface area contributed by atoms with Gasteiger partial charge in [0, 0.05) is 12.7 Å². The molecule has 1 aliphatic carbocycles. The third-order valence-corrected chi connectivity index (χ3v) is 5.99. The van der Waals surface area contributed by atoms with E-state index >= 15 is 0 Å². The van der Waals surface area contributed by atoms with Crippen molar-refractivity contribution in [1.29, 1.82) is 5.26 Å². The van der Waals surface area contributed by atoms with Crippen molar-refractivity contribution in [2.24, 2.45) is 0 Å². The number of aromatic hydroxyl groups is 1. The number of carbonyl (C=O) groups excluding carboxylic acids is 1. The summed E-state index contributed by atoms with van der Waals surface area (Å²) in [6.07, 6.45) is 4.83. The average molecular weight is 357 g/mol. The third-order valence-electron chi connectivity index (χ3n) is 5.99. The van der Waals surface area contributed by atoms with Crippen molar-refractivity contribution in [2.45, 2.75) is 37.6 Å². The zero-order valence-corrected chi connectivity index (χ0v) is 15.6. The number of phenols is 1. The lowest BCUT2D eigenvalue weighted by atomic mass is 9.81. The minimum atomic E-state index is -0.595. The SMILES string of the molecule is CN(C(=O)C[NH+]1CCN(c2ccc(O)cc2)CC1)C1(C#N)CCCCC1. The summed E-state index contributed by atoms with van der Waals surface area (Å²) in [5.74, 6) is 0.363. The molecule has 6 nitrogen and oxygen atoms in total. The normalized spacial score (nSPS) is 20.4. The number of likely N-dealkylation sites (N-methyl/N-ethyl adjacent to an activating group) is 1. The molecule has 0 bridgehead atoms. The van der Waals surface area contributed by atoms with Crippen molar-refractivity contribution < 1.29 is 14.8 Å². The zero-order chi connectivity index (χ0) is 18.6. The number of piperazine rings is 1. The van der Waals surface area contributed by atoms with Gasteiger partial charge in [0.05, 0.1) is 32.2 Å². The molecule has 0 spiro atoms. The first kappa shape index (κ1) is 18.5. The van der Waals surface area contributed by atoms with Crippen LogP contribution in [0.15, 0.2) is 24.3 Å². The van der Waals surface area contributed by atoms with Crippen molar-refractivity contribution in [3.8, 4) is 11.8 Å². The van der Waals surface area contributed by atoms with Crippen LogP contribution in [-0.4, -0.2) is 61.2 Å². The molecule has 2 N–H and O–H groups in total. The monoisotopic (exact) mass is 357 g/mol. The second-order valence-corrected chi connectivity index (χ2v) is 7.59. The Labute approximate surface area is 155 Å². The minimum Gasteiger partial charge on any atom is -0.508 e. The molecule has 1 aromatic carbocycles. The van der Waals surface area contributed by atoms with Crippen LogP contribution in [0.4, 0.5) is 5.69 Å². The minimum absolute atomic E-state index is 0.0848. The van der Waals surface area contributed by atoms with Crippen LogP contribution in [-0.2, 0) is 4.79 Å². The van der Waals surface area contributed by atoms with Gasteiger partial charge in [0.2, 0.25) is 0 Å². The Morgan fingerprint density at radius 1 is 1.23 bits per heavy atom. The number of nitrogens with one attached hydrogen (secondary N) is 1. The standard InChI is InChI=1S/C20H28N4O2/c1-22(20(16-21)9-3-2-4-10-20)19(26)15-23-11-13-24(14-12-23)17-5-7-18(25)8-6-17/h5-8,25H,2-4,9-15H2,1H3/p+1. The summed E-state index contributed by atoms with van der Waals surface area (Å²) in [6, 6.07) is 9.71. The molecule has 2 aliphatic rings. The van der Waals surface area contributed by atoms with E-state index in [1.807, 2.05) is 19.2 Å². The van der Waals surface area contributed by atoms with Gasteiger partial charge in [-0.05, 0) is 37.1 Å². The maximum absolute atomic E-state index is 12.8. The fourth-order valence-corrected chi connectivity index (χ4v) is 4.15. The summed E-state index contributed by atoms with van der Waals surface area (Å²) in [6.45, 7) is 4.05. The molecule has 1 heterocycles. The molecule has 3 rings (SSSR count). The number of phenolic OH excluding ortho intramolecular Hbond substituents is 1. The fourth-order valence-electron chi connectivity index (χ4n) is 4.15. The van der Waals surface area contributed by atoms with Crippen molar-refractivity contribution in [3.63, 3.8) is 0 Å². The summed E-state index contributed by atoms with van der Waals surface area (Å²) in [7, 11) is 1.81. The van der Waals surface area contributed by atoms with Gasteiger partial charge in [0.25, 0.3) is 5.91 Å². The fraction of sp³-hybridized carbons (Fsp3) is 0.600. The molecule has 1 saturated heterocycles. The Hall–Kier alpha value is -2.26. The highest BCUT2D eigenvalue weighted by Crippen LogP contribution is 2.32. The van der Waals surface area contributed by atoms with Gasteiger partial charge < -0.3 is 19.8 Å².